The largest absolute Gasteiger partial charge is 0.464 e. The molecular weight excluding hydrogens is 284 g/mol. The van der Waals surface area contributed by atoms with Gasteiger partial charge in [-0.25, -0.2) is 0 Å². The highest BCUT2D eigenvalue weighted by atomic mass is 32.2. The van der Waals surface area contributed by atoms with E-state index in [9.17, 15) is 5.11 Å². The number of furan rings is 1. The van der Waals surface area contributed by atoms with E-state index < -0.39 is 6.10 Å². The second-order valence-corrected chi connectivity index (χ2v) is 6.44. The molecule has 0 fully saturated rings. The van der Waals surface area contributed by atoms with E-state index in [0.717, 1.165) is 45.4 Å². The van der Waals surface area contributed by atoms with E-state index in [4.69, 9.17) is 4.42 Å². The normalized spacial score (nSPS) is 19.4. The molecule has 108 valence electrons. The fourth-order valence-corrected chi connectivity index (χ4v) is 4.11. The molecule has 1 aromatic carbocycles. The summed E-state index contributed by atoms with van der Waals surface area (Å²) < 4.78 is 5.57. The first-order chi connectivity index (χ1) is 10.1. The lowest BCUT2D eigenvalue weighted by Crippen LogP contribution is -2.20. The first kappa shape index (κ1) is 13.0. The Hall–Kier alpha value is -1.72. The average molecular weight is 300 g/mol. The number of rotatable bonds is 2. The van der Waals surface area contributed by atoms with E-state index in [1.165, 1.54) is 5.56 Å². The molecule has 0 saturated carbocycles. The minimum Gasteiger partial charge on any atom is -0.464 e. The summed E-state index contributed by atoms with van der Waals surface area (Å²) in [5.74, 6) is 0. The number of hydrogen-bond acceptors (Lipinski definition) is 5. The van der Waals surface area contributed by atoms with Crippen LogP contribution in [0.4, 0.5) is 0 Å². The molecule has 2 aromatic rings. The molecular formula is C16H16N2O2S. The minimum atomic E-state index is -0.495. The van der Waals surface area contributed by atoms with Gasteiger partial charge in [-0.15, -0.1) is 0 Å². The van der Waals surface area contributed by atoms with E-state index in [-0.39, 0.29) is 0 Å². The van der Waals surface area contributed by atoms with Crippen molar-refractivity contribution in [2.75, 3.05) is 13.1 Å². The van der Waals surface area contributed by atoms with Gasteiger partial charge in [0.05, 0.1) is 24.6 Å². The summed E-state index contributed by atoms with van der Waals surface area (Å²) >= 11 is 1.58. The molecule has 1 atom stereocenters. The van der Waals surface area contributed by atoms with Crippen LogP contribution in [0.25, 0.3) is 16.7 Å². The van der Waals surface area contributed by atoms with Crippen molar-refractivity contribution in [2.45, 2.75) is 20.0 Å². The molecule has 21 heavy (non-hydrogen) atoms. The Bertz CT molecular complexity index is 789. The van der Waals surface area contributed by atoms with E-state index >= 15 is 0 Å². The number of aliphatic hydroxyl groups is 1. The van der Waals surface area contributed by atoms with Crippen molar-refractivity contribution in [3.63, 3.8) is 0 Å². The number of aryl methyl sites for hydroxylation is 1. The van der Waals surface area contributed by atoms with Gasteiger partial charge >= 0.3 is 0 Å². The Morgan fingerprint density at radius 3 is 3.10 bits per heavy atom. The van der Waals surface area contributed by atoms with Gasteiger partial charge in [-0.05, 0) is 37.6 Å². The zero-order valence-corrected chi connectivity index (χ0v) is 12.8. The lowest BCUT2D eigenvalue weighted by molar-refractivity contribution is 0.240. The third kappa shape index (κ3) is 1.92. The number of nitrogens with zero attached hydrogens (tertiary/aromatic N) is 2. The number of thioether (sulfide) groups is 1. The predicted octanol–water partition coefficient (Wildman–Crippen LogP) is 3.21. The Kier molecular flexibility index (Phi) is 2.87. The molecule has 1 unspecified atom stereocenters. The quantitative estimate of drug-likeness (QED) is 0.925. The van der Waals surface area contributed by atoms with Gasteiger partial charge in [-0.3, -0.25) is 4.99 Å². The van der Waals surface area contributed by atoms with Crippen molar-refractivity contribution in [3.05, 3.63) is 40.5 Å². The maximum atomic E-state index is 10.1. The van der Waals surface area contributed by atoms with Gasteiger partial charge in [-0.2, -0.15) is 0 Å². The lowest BCUT2D eigenvalue weighted by atomic mass is 10.0. The van der Waals surface area contributed by atoms with Crippen LogP contribution in [0.15, 0.2) is 38.8 Å². The molecule has 4 rings (SSSR count). The zero-order valence-electron chi connectivity index (χ0n) is 12.0. The summed E-state index contributed by atoms with van der Waals surface area (Å²) in [6.07, 6.45) is 1.23. The van der Waals surface area contributed by atoms with Crippen molar-refractivity contribution in [3.8, 4) is 0 Å². The monoisotopic (exact) mass is 300 g/mol. The number of hydrogen-bond donors (Lipinski definition) is 1. The van der Waals surface area contributed by atoms with Gasteiger partial charge in [0.2, 0.25) is 0 Å². The Morgan fingerprint density at radius 2 is 2.29 bits per heavy atom. The fourth-order valence-electron chi connectivity index (χ4n) is 2.97. The average Bonchev–Trinajstić information content (AvgIpc) is 3.12. The summed E-state index contributed by atoms with van der Waals surface area (Å²) in [4.78, 5) is 7.69. The molecule has 2 aliphatic rings. The minimum absolute atomic E-state index is 0.495. The molecule has 5 heteroatoms. The van der Waals surface area contributed by atoms with Gasteiger partial charge in [0.25, 0.3) is 0 Å². The Labute approximate surface area is 127 Å². The van der Waals surface area contributed by atoms with Gasteiger partial charge in [0.1, 0.15) is 5.58 Å². The van der Waals surface area contributed by atoms with Crippen LogP contribution < -0.4 is 0 Å². The van der Waals surface area contributed by atoms with Crippen molar-refractivity contribution < 1.29 is 9.52 Å². The smallest absolute Gasteiger partial charge is 0.168 e. The molecule has 0 amide bonds. The molecule has 0 radical (unpaired) electrons. The molecule has 1 N–H and O–H groups in total. The molecule has 2 aliphatic heterocycles. The Morgan fingerprint density at radius 1 is 1.43 bits per heavy atom. The van der Waals surface area contributed by atoms with Gasteiger partial charge in [-0.1, -0.05) is 11.8 Å². The first-order valence-electron chi connectivity index (χ1n) is 7.05. The summed E-state index contributed by atoms with van der Waals surface area (Å²) in [6.45, 7) is 5.60. The van der Waals surface area contributed by atoms with Crippen LogP contribution in [0.3, 0.4) is 0 Å². The standard InChI is InChI=1S/C16H16N2O2S/c1-9-7-11(8-13-12(9)3-6-20-13)14-15(10(2)19)21-16-17-4-5-18(14)16/h3,6-8,10,19H,4-5H2,1-2H3. The third-order valence-corrected chi connectivity index (χ3v) is 5.22. The lowest BCUT2D eigenvalue weighted by Gasteiger charge is -2.18. The number of amidine groups is 1. The van der Waals surface area contributed by atoms with Crippen molar-refractivity contribution >= 4 is 33.6 Å². The SMILES string of the molecule is Cc1cc(C2=C(C(C)O)SC3=NCCN32)cc2occc12. The van der Waals surface area contributed by atoms with E-state index in [2.05, 4.69) is 28.9 Å². The summed E-state index contributed by atoms with van der Waals surface area (Å²) in [7, 11) is 0. The highest BCUT2D eigenvalue weighted by molar-refractivity contribution is 8.17. The summed E-state index contributed by atoms with van der Waals surface area (Å²) in [5, 5.41) is 12.2. The summed E-state index contributed by atoms with van der Waals surface area (Å²) in [6, 6.07) is 6.21. The van der Waals surface area contributed by atoms with Crippen LogP contribution in [0.2, 0.25) is 0 Å². The number of fused-ring (bicyclic) bond motifs is 2. The van der Waals surface area contributed by atoms with Crippen LogP contribution in [0.5, 0.6) is 0 Å². The maximum absolute atomic E-state index is 10.1. The van der Waals surface area contributed by atoms with Crippen molar-refractivity contribution in [1.82, 2.24) is 4.90 Å². The maximum Gasteiger partial charge on any atom is 0.168 e. The second kappa shape index (κ2) is 4.64. The van der Waals surface area contributed by atoms with E-state index in [1.54, 1.807) is 18.0 Å². The number of benzene rings is 1. The van der Waals surface area contributed by atoms with Gasteiger partial charge in [0.15, 0.2) is 5.17 Å². The van der Waals surface area contributed by atoms with Crippen LogP contribution in [0, 0.1) is 6.92 Å². The molecule has 0 saturated heterocycles. The third-order valence-electron chi connectivity index (χ3n) is 3.94. The predicted molar refractivity (Wildman–Crippen MR) is 86.2 cm³/mol. The zero-order chi connectivity index (χ0) is 14.6. The summed E-state index contributed by atoms with van der Waals surface area (Å²) in [5.41, 5.74) is 4.23. The molecule has 0 aliphatic carbocycles. The van der Waals surface area contributed by atoms with E-state index in [0.29, 0.717) is 0 Å². The van der Waals surface area contributed by atoms with Gasteiger partial charge in [0, 0.05) is 22.4 Å². The van der Waals surface area contributed by atoms with Crippen molar-refractivity contribution in [1.29, 1.82) is 0 Å². The highest BCUT2D eigenvalue weighted by Crippen LogP contribution is 2.44. The molecule has 3 heterocycles. The van der Waals surface area contributed by atoms with Crippen LogP contribution >= 0.6 is 11.8 Å². The highest BCUT2D eigenvalue weighted by Gasteiger charge is 2.34. The molecule has 0 spiro atoms. The Balaban J connectivity index is 1.92. The molecule has 0 bridgehead atoms. The first-order valence-corrected chi connectivity index (χ1v) is 7.87. The van der Waals surface area contributed by atoms with Crippen molar-refractivity contribution in [2.24, 2.45) is 4.99 Å². The fraction of sp³-hybridized carbons (Fsp3) is 0.312. The van der Waals surface area contributed by atoms with Gasteiger partial charge < -0.3 is 14.4 Å². The van der Waals surface area contributed by atoms with E-state index in [1.807, 2.05) is 13.0 Å². The molecule has 4 nitrogen and oxygen atoms in total. The van der Waals surface area contributed by atoms with Crippen LogP contribution in [-0.4, -0.2) is 34.4 Å². The number of aliphatic imine (C=N–C) groups is 1. The van der Waals surface area contributed by atoms with Crippen LogP contribution in [-0.2, 0) is 0 Å². The second-order valence-electron chi connectivity index (χ2n) is 5.43. The van der Waals surface area contributed by atoms with Crippen LogP contribution in [0.1, 0.15) is 18.1 Å². The topological polar surface area (TPSA) is 49.0 Å². The number of aliphatic hydroxyl groups excluding tert-OH is 1. The molecule has 1 aromatic heterocycles.